The monoisotopic (exact) mass is 293 g/mol. The van der Waals surface area contributed by atoms with Gasteiger partial charge in [0.15, 0.2) is 0 Å². The van der Waals surface area contributed by atoms with Crippen molar-refractivity contribution in [3.8, 4) is 0 Å². The summed E-state index contributed by atoms with van der Waals surface area (Å²) in [7, 11) is 1.80. The molecule has 0 fully saturated rings. The summed E-state index contributed by atoms with van der Waals surface area (Å²) in [6.07, 6.45) is 1.82. The van der Waals surface area contributed by atoms with Crippen molar-refractivity contribution in [3.63, 3.8) is 0 Å². The minimum Gasteiger partial charge on any atom is -0.370 e. The van der Waals surface area contributed by atoms with Gasteiger partial charge in [-0.3, -0.25) is 4.79 Å². The highest BCUT2D eigenvalue weighted by Crippen LogP contribution is 2.20. The lowest BCUT2D eigenvalue weighted by Crippen LogP contribution is -2.32. The minimum atomic E-state index is 0.0533. The van der Waals surface area contributed by atoms with Crippen LogP contribution in [0.3, 0.4) is 0 Å². The van der Waals surface area contributed by atoms with Gasteiger partial charge in [0, 0.05) is 32.1 Å². The molecule has 118 valence electrons. The Hall–Kier alpha value is -1.85. The normalized spacial score (nSPS) is 10.3. The van der Waals surface area contributed by atoms with Gasteiger partial charge in [-0.25, -0.2) is 9.97 Å². The van der Waals surface area contributed by atoms with Crippen molar-refractivity contribution >= 4 is 17.5 Å². The maximum atomic E-state index is 11.9. The van der Waals surface area contributed by atoms with Gasteiger partial charge in [-0.1, -0.05) is 6.92 Å². The van der Waals surface area contributed by atoms with Crippen LogP contribution in [0.5, 0.6) is 0 Å². The van der Waals surface area contributed by atoms with Crippen LogP contribution in [0.15, 0.2) is 0 Å². The molecule has 0 aromatic carbocycles. The third kappa shape index (κ3) is 4.88. The molecule has 6 heteroatoms. The van der Waals surface area contributed by atoms with Crippen LogP contribution in [0.4, 0.5) is 11.6 Å². The van der Waals surface area contributed by atoms with Gasteiger partial charge in [-0.15, -0.1) is 0 Å². The number of aryl methyl sites for hydroxylation is 1. The average Bonchev–Trinajstić information content (AvgIpc) is 2.48. The van der Waals surface area contributed by atoms with Gasteiger partial charge < -0.3 is 15.5 Å². The molecule has 1 heterocycles. The summed E-state index contributed by atoms with van der Waals surface area (Å²) in [6, 6.07) is 0. The molecule has 1 aromatic rings. The van der Waals surface area contributed by atoms with Gasteiger partial charge in [0.2, 0.25) is 5.91 Å². The van der Waals surface area contributed by atoms with Gasteiger partial charge in [-0.05, 0) is 27.2 Å². The number of nitrogens with one attached hydrogen (secondary N) is 2. The lowest BCUT2D eigenvalue weighted by Gasteiger charge is -2.17. The van der Waals surface area contributed by atoms with E-state index in [1.165, 1.54) is 0 Å². The molecule has 0 saturated carbocycles. The van der Waals surface area contributed by atoms with Crippen LogP contribution in [-0.2, 0) is 11.2 Å². The molecule has 2 N–H and O–H groups in total. The number of hydrogen-bond acceptors (Lipinski definition) is 5. The quantitative estimate of drug-likeness (QED) is 0.768. The van der Waals surface area contributed by atoms with Crippen molar-refractivity contribution in [3.05, 3.63) is 11.4 Å². The second-order valence-corrected chi connectivity index (χ2v) is 5.00. The Morgan fingerprint density at radius 1 is 1.14 bits per heavy atom. The zero-order valence-corrected chi connectivity index (χ0v) is 13.8. The molecule has 0 aliphatic rings. The van der Waals surface area contributed by atoms with E-state index >= 15 is 0 Å². The van der Waals surface area contributed by atoms with E-state index in [1.54, 1.807) is 11.9 Å². The van der Waals surface area contributed by atoms with Crippen LogP contribution in [0.25, 0.3) is 0 Å². The van der Waals surface area contributed by atoms with Crippen molar-refractivity contribution in [1.82, 2.24) is 14.9 Å². The van der Waals surface area contributed by atoms with Crippen molar-refractivity contribution in [2.45, 2.75) is 40.5 Å². The fourth-order valence-corrected chi connectivity index (χ4v) is 1.88. The molecule has 1 rings (SSSR count). The highest BCUT2D eigenvalue weighted by Gasteiger charge is 2.12. The SMILES string of the molecule is CCCc1nc(NCC)c(C)c(NCC(=O)N(C)CC)n1. The first-order chi connectivity index (χ1) is 10.0. The highest BCUT2D eigenvalue weighted by molar-refractivity contribution is 5.80. The molecule has 0 radical (unpaired) electrons. The van der Waals surface area contributed by atoms with Crippen molar-refractivity contribution in [2.75, 3.05) is 37.3 Å². The van der Waals surface area contributed by atoms with Gasteiger partial charge in [0.05, 0.1) is 6.54 Å². The Balaban J connectivity index is 2.91. The first-order valence-corrected chi connectivity index (χ1v) is 7.62. The number of aromatic nitrogens is 2. The average molecular weight is 293 g/mol. The van der Waals surface area contributed by atoms with E-state index in [0.29, 0.717) is 6.54 Å². The van der Waals surface area contributed by atoms with Gasteiger partial charge in [0.25, 0.3) is 0 Å². The van der Waals surface area contributed by atoms with E-state index < -0.39 is 0 Å². The summed E-state index contributed by atoms with van der Waals surface area (Å²) in [5, 5.41) is 6.39. The number of carbonyl (C=O) groups excluding carboxylic acids is 1. The Morgan fingerprint density at radius 3 is 2.29 bits per heavy atom. The summed E-state index contributed by atoms with van der Waals surface area (Å²) < 4.78 is 0. The molecule has 0 saturated heterocycles. The van der Waals surface area contributed by atoms with E-state index in [0.717, 1.165) is 42.4 Å². The zero-order valence-electron chi connectivity index (χ0n) is 13.8. The topological polar surface area (TPSA) is 70.2 Å². The number of hydrogen-bond donors (Lipinski definition) is 2. The van der Waals surface area contributed by atoms with Crippen LogP contribution >= 0.6 is 0 Å². The molecule has 0 aliphatic carbocycles. The summed E-state index contributed by atoms with van der Waals surface area (Å²) in [4.78, 5) is 22.6. The molecule has 0 spiro atoms. The lowest BCUT2D eigenvalue weighted by molar-refractivity contribution is -0.127. The number of likely N-dealkylation sites (N-methyl/N-ethyl adjacent to an activating group) is 1. The first kappa shape index (κ1) is 17.2. The van der Waals surface area contributed by atoms with Crippen molar-refractivity contribution in [1.29, 1.82) is 0 Å². The molecular weight excluding hydrogens is 266 g/mol. The standard InChI is InChI=1S/C15H27N5O/c1-6-9-12-18-14(16-7-2)11(4)15(19-12)17-10-13(21)20(5)8-3/h6-10H2,1-5H3,(H2,16,17,18,19). The van der Waals surface area contributed by atoms with Crippen LogP contribution in [0.2, 0.25) is 0 Å². The Labute approximate surface area is 127 Å². The van der Waals surface area contributed by atoms with E-state index in [9.17, 15) is 4.79 Å². The fourth-order valence-electron chi connectivity index (χ4n) is 1.88. The predicted molar refractivity (Wildman–Crippen MR) is 86.7 cm³/mol. The third-order valence-electron chi connectivity index (χ3n) is 3.32. The van der Waals surface area contributed by atoms with Crippen LogP contribution < -0.4 is 10.6 Å². The van der Waals surface area contributed by atoms with Gasteiger partial charge in [0.1, 0.15) is 17.5 Å². The molecule has 0 aliphatic heterocycles. The van der Waals surface area contributed by atoms with E-state index in [1.807, 2.05) is 20.8 Å². The van der Waals surface area contributed by atoms with E-state index in [-0.39, 0.29) is 12.5 Å². The third-order valence-corrected chi connectivity index (χ3v) is 3.32. The number of carbonyl (C=O) groups is 1. The van der Waals surface area contributed by atoms with Crippen LogP contribution in [0, 0.1) is 6.92 Å². The molecule has 21 heavy (non-hydrogen) atoms. The lowest BCUT2D eigenvalue weighted by atomic mass is 10.2. The van der Waals surface area contributed by atoms with E-state index in [4.69, 9.17) is 0 Å². The Morgan fingerprint density at radius 2 is 1.76 bits per heavy atom. The number of anilines is 2. The summed E-state index contributed by atoms with van der Waals surface area (Å²) in [5.41, 5.74) is 0.948. The summed E-state index contributed by atoms with van der Waals surface area (Å²) >= 11 is 0. The minimum absolute atomic E-state index is 0.0533. The first-order valence-electron chi connectivity index (χ1n) is 7.62. The van der Waals surface area contributed by atoms with Crippen molar-refractivity contribution < 1.29 is 4.79 Å². The molecule has 1 aromatic heterocycles. The van der Waals surface area contributed by atoms with Crippen molar-refractivity contribution in [2.24, 2.45) is 0 Å². The molecule has 6 nitrogen and oxygen atoms in total. The zero-order chi connectivity index (χ0) is 15.8. The van der Waals surface area contributed by atoms with Gasteiger partial charge in [-0.2, -0.15) is 0 Å². The molecular formula is C15H27N5O. The van der Waals surface area contributed by atoms with Gasteiger partial charge >= 0.3 is 0 Å². The largest absolute Gasteiger partial charge is 0.370 e. The number of nitrogens with zero attached hydrogens (tertiary/aromatic N) is 3. The Kier molecular flexibility index (Phi) is 6.91. The summed E-state index contributed by atoms with van der Waals surface area (Å²) in [6.45, 7) is 9.81. The smallest absolute Gasteiger partial charge is 0.241 e. The molecule has 0 unspecified atom stereocenters. The molecule has 1 amide bonds. The van der Waals surface area contributed by atoms with Crippen LogP contribution in [-0.4, -0.2) is 47.5 Å². The Bertz CT molecular complexity index is 475. The maximum absolute atomic E-state index is 11.9. The fraction of sp³-hybridized carbons (Fsp3) is 0.667. The van der Waals surface area contributed by atoms with E-state index in [2.05, 4.69) is 27.5 Å². The second kappa shape index (κ2) is 8.44. The highest BCUT2D eigenvalue weighted by atomic mass is 16.2. The number of amides is 1. The molecule has 0 atom stereocenters. The predicted octanol–water partition coefficient (Wildman–Crippen LogP) is 2.06. The van der Waals surface area contributed by atoms with Crippen LogP contribution in [0.1, 0.15) is 38.6 Å². The summed E-state index contributed by atoms with van der Waals surface area (Å²) in [5.74, 6) is 2.44. The second-order valence-electron chi connectivity index (χ2n) is 5.00. The molecule has 0 bridgehead atoms. The number of rotatable bonds is 8. The maximum Gasteiger partial charge on any atom is 0.241 e.